The number of aromatic amines is 1. The van der Waals surface area contributed by atoms with Crippen LogP contribution >= 0.6 is 19.2 Å². The summed E-state index contributed by atoms with van der Waals surface area (Å²) in [4.78, 5) is 40.9. The first kappa shape index (κ1) is 17.6. The largest absolute Gasteiger partial charge is 0.492 e. The molecular weight excluding hydrogens is 371 g/mol. The number of nitrogens with zero attached hydrogens (tertiary/aromatic N) is 3. The Morgan fingerprint density at radius 3 is 2.68 bits per heavy atom. The van der Waals surface area contributed by atoms with Gasteiger partial charge < -0.3 is 24.1 Å². The number of ether oxygens (including phenoxy) is 1. The summed E-state index contributed by atoms with van der Waals surface area (Å²) in [5, 5.41) is 0.578. The van der Waals surface area contributed by atoms with Gasteiger partial charge >= 0.3 is 7.60 Å². The number of fused-ring (bicyclic) bond motifs is 1. The lowest BCUT2D eigenvalue weighted by Gasteiger charge is -2.11. The summed E-state index contributed by atoms with van der Waals surface area (Å²) in [5.41, 5.74) is -0.176. The number of halogens is 1. The lowest BCUT2D eigenvalue weighted by molar-refractivity contribution is 0.298. The number of rotatable bonds is 6. The molecule has 0 aliphatic heterocycles. The zero-order valence-electron chi connectivity index (χ0n) is 12.8. The van der Waals surface area contributed by atoms with Crippen LogP contribution in [0.2, 0.25) is 5.02 Å². The van der Waals surface area contributed by atoms with E-state index in [0.29, 0.717) is 10.8 Å². The molecule has 25 heavy (non-hydrogen) atoms. The maximum atomic E-state index is 12.0. The quantitative estimate of drug-likeness (QED) is 0.549. The monoisotopic (exact) mass is 384 g/mol. The van der Waals surface area contributed by atoms with E-state index in [1.807, 2.05) is 0 Å². The maximum absolute atomic E-state index is 12.0. The zero-order chi connectivity index (χ0) is 18.0. The van der Waals surface area contributed by atoms with E-state index in [-0.39, 0.29) is 30.1 Å². The number of aromatic nitrogens is 4. The van der Waals surface area contributed by atoms with Crippen molar-refractivity contribution >= 4 is 30.4 Å². The van der Waals surface area contributed by atoms with Gasteiger partial charge in [0.15, 0.2) is 11.2 Å². The van der Waals surface area contributed by atoms with E-state index < -0.39 is 19.3 Å². The average Bonchev–Trinajstić information content (AvgIpc) is 2.86. The van der Waals surface area contributed by atoms with Crippen LogP contribution in [0.5, 0.6) is 5.75 Å². The van der Waals surface area contributed by atoms with Gasteiger partial charge in [-0.1, -0.05) is 11.6 Å². The molecular formula is C14H14ClN4O5P. The Morgan fingerprint density at radius 1 is 1.28 bits per heavy atom. The molecule has 1 aromatic carbocycles. The van der Waals surface area contributed by atoms with Crippen LogP contribution in [0.25, 0.3) is 11.2 Å². The fraction of sp³-hybridized carbons (Fsp3) is 0.214. The zero-order valence-corrected chi connectivity index (χ0v) is 14.4. The third-order valence-corrected chi connectivity index (χ3v) is 4.32. The summed E-state index contributed by atoms with van der Waals surface area (Å²) in [6.07, 6.45) is 0.594. The molecule has 9 nitrogen and oxygen atoms in total. The van der Waals surface area contributed by atoms with Crippen LogP contribution < -0.4 is 10.3 Å². The Labute approximate surface area is 146 Å². The van der Waals surface area contributed by atoms with E-state index in [4.69, 9.17) is 16.3 Å². The number of imidazole rings is 1. The first-order valence-electron chi connectivity index (χ1n) is 7.19. The first-order chi connectivity index (χ1) is 11.8. The highest BCUT2D eigenvalue weighted by Gasteiger charge is 2.22. The second-order valence-electron chi connectivity index (χ2n) is 5.21. The van der Waals surface area contributed by atoms with Crippen LogP contribution in [0.3, 0.4) is 0 Å². The second kappa shape index (κ2) is 6.97. The summed E-state index contributed by atoms with van der Waals surface area (Å²) in [5.74, 6) is 0.657. The molecule has 0 aliphatic carbocycles. The molecule has 0 aliphatic rings. The Hall–Kier alpha value is -2.19. The van der Waals surface area contributed by atoms with Crippen molar-refractivity contribution in [3.05, 3.63) is 51.8 Å². The molecule has 2 aromatic heterocycles. The predicted octanol–water partition coefficient (Wildman–Crippen LogP) is 1.53. The Kier molecular flexibility index (Phi) is 4.91. The van der Waals surface area contributed by atoms with E-state index in [9.17, 15) is 19.1 Å². The average molecular weight is 385 g/mol. The molecule has 3 N–H and O–H groups in total. The minimum absolute atomic E-state index is 0.0761. The van der Waals surface area contributed by atoms with Crippen molar-refractivity contribution in [2.24, 2.45) is 0 Å². The van der Waals surface area contributed by atoms with E-state index in [1.54, 1.807) is 24.3 Å². The summed E-state index contributed by atoms with van der Waals surface area (Å²) in [6.45, 7) is 0.332. The second-order valence-corrected chi connectivity index (χ2v) is 7.29. The van der Waals surface area contributed by atoms with E-state index >= 15 is 0 Å². The van der Waals surface area contributed by atoms with Crippen LogP contribution in [-0.2, 0) is 17.3 Å². The third-order valence-electron chi connectivity index (χ3n) is 3.37. The van der Waals surface area contributed by atoms with Gasteiger partial charge in [0.1, 0.15) is 24.3 Å². The number of hydrogen-bond donors (Lipinski definition) is 3. The fourth-order valence-electron chi connectivity index (χ4n) is 2.35. The molecule has 0 bridgehead atoms. The summed E-state index contributed by atoms with van der Waals surface area (Å²) >= 11 is 5.81. The van der Waals surface area contributed by atoms with Crippen molar-refractivity contribution in [1.29, 1.82) is 0 Å². The molecule has 2 heterocycles. The number of H-pyrrole nitrogens is 1. The predicted molar refractivity (Wildman–Crippen MR) is 90.8 cm³/mol. The van der Waals surface area contributed by atoms with Crippen LogP contribution in [0.1, 0.15) is 5.82 Å². The van der Waals surface area contributed by atoms with Gasteiger partial charge in [-0.05, 0) is 24.3 Å². The van der Waals surface area contributed by atoms with Gasteiger partial charge in [0.25, 0.3) is 5.56 Å². The van der Waals surface area contributed by atoms with Crippen molar-refractivity contribution < 1.29 is 19.1 Å². The molecule has 3 aromatic rings. The van der Waals surface area contributed by atoms with Crippen LogP contribution in [0, 0.1) is 0 Å². The lowest BCUT2D eigenvalue weighted by atomic mass is 10.3. The smallest absolute Gasteiger partial charge is 0.333 e. The minimum atomic E-state index is -4.36. The molecule has 0 radical (unpaired) electrons. The van der Waals surface area contributed by atoms with Crippen LogP contribution in [0.15, 0.2) is 35.4 Å². The van der Waals surface area contributed by atoms with Gasteiger partial charge in [0.05, 0.1) is 12.9 Å². The summed E-state index contributed by atoms with van der Waals surface area (Å²) < 4.78 is 18.3. The Morgan fingerprint density at radius 2 is 2.00 bits per heavy atom. The molecule has 0 saturated heterocycles. The van der Waals surface area contributed by atoms with Crippen LogP contribution in [-0.4, -0.2) is 35.9 Å². The molecule has 0 atom stereocenters. The van der Waals surface area contributed by atoms with Gasteiger partial charge in [-0.25, -0.2) is 9.97 Å². The lowest BCUT2D eigenvalue weighted by Crippen LogP contribution is -2.16. The highest BCUT2D eigenvalue weighted by molar-refractivity contribution is 7.50. The summed E-state index contributed by atoms with van der Waals surface area (Å²) in [6, 6.07) is 6.74. The molecule has 3 rings (SSSR count). The molecule has 0 saturated carbocycles. The van der Waals surface area contributed by atoms with E-state index in [2.05, 4.69) is 15.0 Å². The number of nitrogens with one attached hydrogen (secondary N) is 1. The third kappa shape index (κ3) is 4.26. The molecule has 11 heteroatoms. The van der Waals surface area contributed by atoms with Crippen molar-refractivity contribution in [3.8, 4) is 5.75 Å². The first-order valence-corrected chi connectivity index (χ1v) is 9.37. The standard InChI is InChI=1S/C14H14ClN4O5P/c15-9-1-3-10(4-2-9)24-6-5-19-11(7-25(21,22)23)18-13-12(19)14(20)17-8-16-13/h1-4,8H,5-7H2,(H,16,17,20)(H2,21,22,23). The fourth-order valence-corrected chi connectivity index (χ4v) is 3.09. The Bertz CT molecular complexity index is 995. The molecule has 0 spiro atoms. The highest BCUT2D eigenvalue weighted by atomic mass is 35.5. The SMILES string of the molecule is O=c1[nH]cnc2nc(CP(=O)(O)O)n(CCOc3ccc(Cl)cc3)c12. The normalized spacial score (nSPS) is 11.8. The molecule has 0 fully saturated rings. The number of benzene rings is 1. The summed E-state index contributed by atoms with van der Waals surface area (Å²) in [7, 11) is -4.36. The topological polar surface area (TPSA) is 130 Å². The van der Waals surface area contributed by atoms with Crippen LogP contribution in [0.4, 0.5) is 0 Å². The van der Waals surface area contributed by atoms with Crippen molar-refractivity contribution in [2.75, 3.05) is 6.61 Å². The van der Waals surface area contributed by atoms with Gasteiger partial charge in [-0.15, -0.1) is 0 Å². The Balaban J connectivity index is 1.87. The molecule has 0 amide bonds. The van der Waals surface area contributed by atoms with Crippen molar-refractivity contribution in [1.82, 2.24) is 19.5 Å². The highest BCUT2D eigenvalue weighted by Crippen LogP contribution is 2.39. The van der Waals surface area contributed by atoms with E-state index in [0.717, 1.165) is 0 Å². The minimum Gasteiger partial charge on any atom is -0.492 e. The van der Waals surface area contributed by atoms with Gasteiger partial charge in [0, 0.05) is 5.02 Å². The van der Waals surface area contributed by atoms with Crippen molar-refractivity contribution in [2.45, 2.75) is 12.7 Å². The van der Waals surface area contributed by atoms with Gasteiger partial charge in [-0.3, -0.25) is 9.36 Å². The maximum Gasteiger partial charge on any atom is 0.333 e. The number of hydrogen-bond acceptors (Lipinski definition) is 5. The van der Waals surface area contributed by atoms with Crippen molar-refractivity contribution in [3.63, 3.8) is 0 Å². The van der Waals surface area contributed by atoms with Gasteiger partial charge in [-0.2, -0.15) is 0 Å². The van der Waals surface area contributed by atoms with E-state index in [1.165, 1.54) is 10.9 Å². The van der Waals surface area contributed by atoms with Gasteiger partial charge in [0.2, 0.25) is 0 Å². The molecule has 132 valence electrons. The molecule has 0 unspecified atom stereocenters.